The number of nitrogens with one attached hydrogen (secondary N) is 1. The smallest absolute Gasteiger partial charge is 0.414 e. The van der Waals surface area contributed by atoms with Crippen LogP contribution >= 0.6 is 0 Å². The first kappa shape index (κ1) is 19.4. The molecule has 7 heteroatoms. The largest absolute Gasteiger partial charge is 0.489 e. The minimum absolute atomic E-state index is 0.102. The second kappa shape index (κ2) is 7.95. The Hall–Kier alpha value is -2.54. The number of carbonyl (C=O) groups excluding carboxylic acids is 1. The van der Waals surface area contributed by atoms with Crippen molar-refractivity contribution in [3.63, 3.8) is 0 Å². The molecule has 1 aromatic heterocycles. The number of anilines is 1. The maximum Gasteiger partial charge on any atom is 0.414 e. The SMILES string of the molecule is COC(=O)N1c2ccc(-c3cnn(C4CCNC4)c3)c(OC3CCC3)c2CC[C@@H]1C. The Bertz CT molecular complexity index is 931. The molecule has 160 valence electrons. The van der Waals surface area contributed by atoms with Crippen LogP contribution in [0.15, 0.2) is 24.5 Å². The van der Waals surface area contributed by atoms with Crippen molar-refractivity contribution in [1.82, 2.24) is 15.1 Å². The fraction of sp³-hybridized carbons (Fsp3) is 0.565. The van der Waals surface area contributed by atoms with E-state index in [0.29, 0.717) is 6.04 Å². The lowest BCUT2D eigenvalue weighted by Crippen LogP contribution is -2.42. The van der Waals surface area contributed by atoms with E-state index in [2.05, 4.69) is 34.3 Å². The van der Waals surface area contributed by atoms with E-state index in [1.807, 2.05) is 12.3 Å². The molecule has 3 aliphatic rings. The number of rotatable bonds is 4. The lowest BCUT2D eigenvalue weighted by atomic mass is 9.91. The van der Waals surface area contributed by atoms with E-state index < -0.39 is 0 Å². The number of amides is 1. The number of carbonyl (C=O) groups is 1. The monoisotopic (exact) mass is 410 g/mol. The summed E-state index contributed by atoms with van der Waals surface area (Å²) in [4.78, 5) is 14.3. The van der Waals surface area contributed by atoms with Crippen LogP contribution in [-0.2, 0) is 11.2 Å². The van der Waals surface area contributed by atoms with Gasteiger partial charge in [0.05, 0.1) is 31.1 Å². The van der Waals surface area contributed by atoms with Crippen molar-refractivity contribution in [3.05, 3.63) is 30.1 Å². The van der Waals surface area contributed by atoms with E-state index in [9.17, 15) is 4.79 Å². The molecule has 7 nitrogen and oxygen atoms in total. The normalized spacial score (nSPS) is 23.7. The summed E-state index contributed by atoms with van der Waals surface area (Å²) in [6.45, 7) is 4.07. The first-order valence-electron chi connectivity index (χ1n) is 11.1. The quantitative estimate of drug-likeness (QED) is 0.827. The van der Waals surface area contributed by atoms with Crippen LogP contribution in [0.2, 0.25) is 0 Å². The summed E-state index contributed by atoms with van der Waals surface area (Å²) in [6.07, 6.45) is 10.3. The fourth-order valence-electron chi connectivity index (χ4n) is 4.74. The van der Waals surface area contributed by atoms with Crippen molar-refractivity contribution in [2.45, 2.75) is 63.6 Å². The topological polar surface area (TPSA) is 68.6 Å². The predicted octanol–water partition coefficient (Wildman–Crippen LogP) is 3.92. The molecule has 3 heterocycles. The third kappa shape index (κ3) is 3.35. The van der Waals surface area contributed by atoms with Gasteiger partial charge in [-0.3, -0.25) is 9.58 Å². The predicted molar refractivity (Wildman–Crippen MR) is 115 cm³/mol. The first-order chi connectivity index (χ1) is 14.7. The van der Waals surface area contributed by atoms with E-state index >= 15 is 0 Å². The second-order valence-electron chi connectivity index (χ2n) is 8.69. The average molecular weight is 411 g/mol. The molecule has 0 spiro atoms. The summed E-state index contributed by atoms with van der Waals surface area (Å²) >= 11 is 0. The van der Waals surface area contributed by atoms with Gasteiger partial charge in [-0.1, -0.05) is 0 Å². The molecule has 5 rings (SSSR count). The zero-order valence-corrected chi connectivity index (χ0v) is 17.8. The Morgan fingerprint density at radius 1 is 1.23 bits per heavy atom. The molecule has 1 aliphatic carbocycles. The molecule has 30 heavy (non-hydrogen) atoms. The molecule has 1 aromatic carbocycles. The molecule has 1 saturated carbocycles. The summed E-state index contributed by atoms with van der Waals surface area (Å²) in [5.74, 6) is 0.919. The van der Waals surface area contributed by atoms with Crippen LogP contribution in [0.5, 0.6) is 5.75 Å². The van der Waals surface area contributed by atoms with Gasteiger partial charge in [-0.15, -0.1) is 0 Å². The van der Waals surface area contributed by atoms with Gasteiger partial charge in [0.2, 0.25) is 0 Å². The lowest BCUT2D eigenvalue weighted by molar-refractivity contribution is 0.119. The molecule has 2 aliphatic heterocycles. The van der Waals surface area contributed by atoms with Gasteiger partial charge < -0.3 is 14.8 Å². The standard InChI is InChI=1S/C23H30N4O3/c1-15-6-7-20-21(27(15)23(28)29-2)9-8-19(22(20)30-18-4-3-5-18)16-12-25-26(14-16)17-10-11-24-13-17/h8-9,12,14-15,17-18,24H,3-7,10-11,13H2,1-2H3/t15-,17?/m0/s1. The summed E-state index contributed by atoms with van der Waals surface area (Å²) < 4.78 is 13.7. The molecule has 2 aromatic rings. The van der Waals surface area contributed by atoms with Gasteiger partial charge in [0.15, 0.2) is 0 Å². The molecular formula is C23H30N4O3. The van der Waals surface area contributed by atoms with Crippen molar-refractivity contribution in [3.8, 4) is 16.9 Å². The van der Waals surface area contributed by atoms with Gasteiger partial charge in [-0.05, 0) is 64.1 Å². The number of hydrogen-bond acceptors (Lipinski definition) is 5. The first-order valence-corrected chi connectivity index (χ1v) is 11.1. The van der Waals surface area contributed by atoms with Gasteiger partial charge in [-0.2, -0.15) is 5.10 Å². The fourth-order valence-corrected chi connectivity index (χ4v) is 4.74. The number of hydrogen-bond donors (Lipinski definition) is 1. The van der Waals surface area contributed by atoms with Crippen molar-refractivity contribution in [2.75, 3.05) is 25.1 Å². The molecule has 2 fully saturated rings. The Morgan fingerprint density at radius 2 is 2.10 bits per heavy atom. The maximum atomic E-state index is 12.5. The van der Waals surface area contributed by atoms with Crippen LogP contribution in [0.1, 0.15) is 50.6 Å². The van der Waals surface area contributed by atoms with E-state index in [-0.39, 0.29) is 18.2 Å². The number of ether oxygens (including phenoxy) is 2. The summed E-state index contributed by atoms with van der Waals surface area (Å²) in [6, 6.07) is 4.63. The summed E-state index contributed by atoms with van der Waals surface area (Å²) in [5.41, 5.74) is 4.16. The average Bonchev–Trinajstić information content (AvgIpc) is 3.41. The third-order valence-electron chi connectivity index (χ3n) is 6.78. The highest BCUT2D eigenvalue weighted by atomic mass is 16.5. The van der Waals surface area contributed by atoms with Gasteiger partial charge in [0, 0.05) is 35.5 Å². The Kier molecular flexibility index (Phi) is 5.15. The van der Waals surface area contributed by atoms with E-state index in [1.54, 1.807) is 4.90 Å². The lowest BCUT2D eigenvalue weighted by Gasteiger charge is -2.37. The Balaban J connectivity index is 1.56. The Morgan fingerprint density at radius 3 is 2.80 bits per heavy atom. The molecule has 1 N–H and O–H groups in total. The molecule has 1 saturated heterocycles. The van der Waals surface area contributed by atoms with Crippen LogP contribution in [0.3, 0.4) is 0 Å². The number of methoxy groups -OCH3 is 1. The van der Waals surface area contributed by atoms with E-state index in [1.165, 1.54) is 13.5 Å². The zero-order valence-electron chi connectivity index (χ0n) is 17.8. The van der Waals surface area contributed by atoms with Crippen LogP contribution in [0.25, 0.3) is 11.1 Å². The number of benzene rings is 1. The minimum atomic E-state index is -0.313. The number of fused-ring (bicyclic) bond motifs is 1. The molecule has 0 radical (unpaired) electrons. The molecule has 2 atom stereocenters. The van der Waals surface area contributed by atoms with Crippen LogP contribution in [-0.4, -0.2) is 48.2 Å². The van der Waals surface area contributed by atoms with Gasteiger partial charge in [0.25, 0.3) is 0 Å². The van der Waals surface area contributed by atoms with Gasteiger partial charge >= 0.3 is 6.09 Å². The van der Waals surface area contributed by atoms with Crippen molar-refractivity contribution in [2.24, 2.45) is 0 Å². The Labute approximate surface area is 177 Å². The van der Waals surface area contributed by atoms with Crippen molar-refractivity contribution in [1.29, 1.82) is 0 Å². The van der Waals surface area contributed by atoms with E-state index in [0.717, 1.165) is 73.3 Å². The zero-order chi connectivity index (χ0) is 20.7. The van der Waals surface area contributed by atoms with Crippen LogP contribution < -0.4 is 15.0 Å². The number of aromatic nitrogens is 2. The minimum Gasteiger partial charge on any atom is -0.489 e. The van der Waals surface area contributed by atoms with Crippen LogP contribution in [0.4, 0.5) is 10.5 Å². The number of nitrogens with zero attached hydrogens (tertiary/aromatic N) is 3. The molecular weight excluding hydrogens is 380 g/mol. The van der Waals surface area contributed by atoms with Gasteiger partial charge in [0.1, 0.15) is 5.75 Å². The van der Waals surface area contributed by atoms with Gasteiger partial charge in [-0.25, -0.2) is 4.79 Å². The third-order valence-corrected chi connectivity index (χ3v) is 6.78. The summed E-state index contributed by atoms with van der Waals surface area (Å²) in [5, 5.41) is 8.05. The highest BCUT2D eigenvalue weighted by molar-refractivity contribution is 5.92. The highest BCUT2D eigenvalue weighted by Gasteiger charge is 2.33. The summed E-state index contributed by atoms with van der Waals surface area (Å²) in [7, 11) is 1.44. The van der Waals surface area contributed by atoms with Crippen LogP contribution in [0, 0.1) is 0 Å². The molecule has 1 unspecified atom stereocenters. The highest BCUT2D eigenvalue weighted by Crippen LogP contribution is 2.44. The van der Waals surface area contributed by atoms with Crippen molar-refractivity contribution < 1.29 is 14.3 Å². The molecule has 0 bridgehead atoms. The van der Waals surface area contributed by atoms with E-state index in [4.69, 9.17) is 9.47 Å². The molecule has 1 amide bonds. The second-order valence-corrected chi connectivity index (χ2v) is 8.69. The van der Waals surface area contributed by atoms with Crippen molar-refractivity contribution >= 4 is 11.8 Å². The maximum absolute atomic E-state index is 12.5.